The molecule has 0 saturated heterocycles. The van der Waals surface area contributed by atoms with Crippen molar-refractivity contribution >= 4 is 16.0 Å². The van der Waals surface area contributed by atoms with E-state index in [1.807, 2.05) is 24.3 Å². The molecule has 0 aliphatic carbocycles. The molecule has 168 valence electrons. The van der Waals surface area contributed by atoms with E-state index in [4.69, 9.17) is 5.11 Å². The van der Waals surface area contributed by atoms with Gasteiger partial charge in [0.2, 0.25) is 10.0 Å². The Bertz CT molecular complexity index is 1140. The predicted molar refractivity (Wildman–Crippen MR) is 121 cm³/mol. The third kappa shape index (κ3) is 6.46. The summed E-state index contributed by atoms with van der Waals surface area (Å²) >= 11 is 0. The number of aromatic nitrogens is 1. The Kier molecular flexibility index (Phi) is 8.10. The van der Waals surface area contributed by atoms with E-state index in [1.165, 1.54) is 12.1 Å². The van der Waals surface area contributed by atoms with E-state index in [-0.39, 0.29) is 30.4 Å². The van der Waals surface area contributed by atoms with Gasteiger partial charge in [-0.3, -0.25) is 9.78 Å². The molecule has 1 aromatic heterocycles. The zero-order valence-corrected chi connectivity index (χ0v) is 18.3. The van der Waals surface area contributed by atoms with Crippen LogP contribution in [0.4, 0.5) is 0 Å². The molecule has 0 bridgehead atoms. The van der Waals surface area contributed by atoms with Gasteiger partial charge < -0.3 is 10.2 Å². The number of hydrogen-bond acceptors (Lipinski definition) is 5. The van der Waals surface area contributed by atoms with Crippen LogP contribution in [0.2, 0.25) is 0 Å². The second-order valence-electron chi connectivity index (χ2n) is 7.46. The lowest BCUT2D eigenvalue weighted by atomic mass is 9.89. The Morgan fingerprint density at radius 3 is 2.31 bits per heavy atom. The standard InChI is InChI=1S/C24H26N2O5S/c27-17-23(20-5-4-11-25-16-20)21-14-18(8-9-24(28)29)13-19(15-21)10-12-26-32(30,31)22-6-2-1-3-7-22/h1-7,11,13-16,23,26-27H,8-10,12,17H2,(H,28,29). The summed E-state index contributed by atoms with van der Waals surface area (Å²) in [5.74, 6) is -1.20. The highest BCUT2D eigenvalue weighted by Crippen LogP contribution is 2.26. The molecule has 0 radical (unpaired) electrons. The molecule has 0 fully saturated rings. The van der Waals surface area contributed by atoms with Crippen LogP contribution in [0.25, 0.3) is 0 Å². The number of nitrogens with zero attached hydrogens (tertiary/aromatic N) is 1. The number of benzene rings is 2. The van der Waals surface area contributed by atoms with Crippen molar-refractivity contribution in [2.75, 3.05) is 13.2 Å². The molecule has 0 amide bonds. The summed E-state index contributed by atoms with van der Waals surface area (Å²) in [7, 11) is -3.61. The second-order valence-corrected chi connectivity index (χ2v) is 9.23. The van der Waals surface area contributed by atoms with Crippen LogP contribution in [0.5, 0.6) is 0 Å². The number of aliphatic hydroxyl groups excluding tert-OH is 1. The number of pyridine rings is 1. The number of aliphatic hydroxyl groups is 1. The second kappa shape index (κ2) is 11.0. The van der Waals surface area contributed by atoms with E-state index in [0.717, 1.165) is 22.3 Å². The predicted octanol–water partition coefficient (Wildman–Crippen LogP) is 2.74. The Morgan fingerprint density at radius 1 is 0.969 bits per heavy atom. The van der Waals surface area contributed by atoms with Crippen LogP contribution in [0.15, 0.2) is 78.0 Å². The zero-order valence-electron chi connectivity index (χ0n) is 17.5. The lowest BCUT2D eigenvalue weighted by molar-refractivity contribution is -0.136. The van der Waals surface area contributed by atoms with E-state index in [0.29, 0.717) is 12.8 Å². The number of nitrogens with one attached hydrogen (secondary N) is 1. The minimum atomic E-state index is -3.61. The average molecular weight is 455 g/mol. The van der Waals surface area contributed by atoms with Crippen molar-refractivity contribution in [3.63, 3.8) is 0 Å². The normalized spacial score (nSPS) is 12.4. The third-order valence-corrected chi connectivity index (χ3v) is 6.61. The highest BCUT2D eigenvalue weighted by atomic mass is 32.2. The van der Waals surface area contributed by atoms with Crippen LogP contribution in [-0.2, 0) is 27.7 Å². The maximum absolute atomic E-state index is 12.5. The number of carboxylic acid groups (broad SMARTS) is 1. The number of rotatable bonds is 11. The van der Waals surface area contributed by atoms with E-state index >= 15 is 0 Å². The summed E-state index contributed by atoms with van der Waals surface area (Å²) in [5, 5.41) is 19.1. The minimum absolute atomic E-state index is 0.0137. The molecule has 7 nitrogen and oxygen atoms in total. The van der Waals surface area contributed by atoms with E-state index < -0.39 is 16.0 Å². The van der Waals surface area contributed by atoms with E-state index in [1.54, 1.807) is 36.7 Å². The van der Waals surface area contributed by atoms with Crippen molar-refractivity contribution in [1.29, 1.82) is 0 Å². The van der Waals surface area contributed by atoms with Crippen LogP contribution in [0, 0.1) is 0 Å². The maximum atomic E-state index is 12.5. The number of aryl methyl sites for hydroxylation is 1. The fourth-order valence-electron chi connectivity index (χ4n) is 3.53. The third-order valence-electron chi connectivity index (χ3n) is 5.13. The molecule has 32 heavy (non-hydrogen) atoms. The molecule has 0 spiro atoms. The van der Waals surface area contributed by atoms with Crippen molar-refractivity contribution in [3.05, 3.63) is 95.3 Å². The van der Waals surface area contributed by atoms with E-state index in [9.17, 15) is 18.3 Å². The molecule has 0 aliphatic rings. The first-order valence-electron chi connectivity index (χ1n) is 10.3. The van der Waals surface area contributed by atoms with Gasteiger partial charge in [0.15, 0.2) is 0 Å². The van der Waals surface area contributed by atoms with Crippen molar-refractivity contribution in [3.8, 4) is 0 Å². The molecule has 8 heteroatoms. The molecule has 3 N–H and O–H groups in total. The van der Waals surface area contributed by atoms with Gasteiger partial charge in [-0.05, 0) is 53.3 Å². The molecule has 1 atom stereocenters. The van der Waals surface area contributed by atoms with Crippen molar-refractivity contribution in [2.24, 2.45) is 0 Å². The quantitative estimate of drug-likeness (QED) is 0.410. The first kappa shape index (κ1) is 23.6. The summed E-state index contributed by atoms with van der Waals surface area (Å²) < 4.78 is 27.5. The van der Waals surface area contributed by atoms with Crippen LogP contribution < -0.4 is 4.72 Å². The van der Waals surface area contributed by atoms with Crippen LogP contribution >= 0.6 is 0 Å². The first-order valence-corrected chi connectivity index (χ1v) is 11.8. The van der Waals surface area contributed by atoms with Crippen LogP contribution in [-0.4, -0.2) is 42.7 Å². The van der Waals surface area contributed by atoms with Gasteiger partial charge in [0.25, 0.3) is 0 Å². The largest absolute Gasteiger partial charge is 0.481 e. The number of carbonyl (C=O) groups is 1. The molecule has 0 aliphatic heterocycles. The minimum Gasteiger partial charge on any atom is -0.481 e. The average Bonchev–Trinajstić information content (AvgIpc) is 2.79. The van der Waals surface area contributed by atoms with Crippen molar-refractivity contribution in [2.45, 2.75) is 30.1 Å². The summed E-state index contributed by atoms with van der Waals surface area (Å²) in [5.41, 5.74) is 3.37. The Hall–Kier alpha value is -3.07. The fourth-order valence-corrected chi connectivity index (χ4v) is 4.58. The maximum Gasteiger partial charge on any atom is 0.303 e. The molecule has 3 aromatic rings. The van der Waals surface area contributed by atoms with Crippen LogP contribution in [0.1, 0.15) is 34.6 Å². The lowest BCUT2D eigenvalue weighted by Gasteiger charge is -2.18. The number of carboxylic acids is 1. The number of sulfonamides is 1. The van der Waals surface area contributed by atoms with Gasteiger partial charge in [0, 0.05) is 31.3 Å². The lowest BCUT2D eigenvalue weighted by Crippen LogP contribution is -2.26. The molecule has 3 rings (SSSR count). The molecule has 1 heterocycles. The van der Waals surface area contributed by atoms with Gasteiger partial charge in [-0.25, -0.2) is 13.1 Å². The SMILES string of the molecule is O=C(O)CCc1cc(CCNS(=O)(=O)c2ccccc2)cc(C(CO)c2cccnc2)c1. The summed E-state index contributed by atoms with van der Waals surface area (Å²) in [6, 6.07) is 17.5. The molecule has 2 aromatic carbocycles. The van der Waals surface area contributed by atoms with Crippen molar-refractivity contribution in [1.82, 2.24) is 9.71 Å². The molecular formula is C24H26N2O5S. The van der Waals surface area contributed by atoms with Gasteiger partial charge in [0.1, 0.15) is 0 Å². The molecule has 1 unspecified atom stereocenters. The number of hydrogen-bond donors (Lipinski definition) is 3. The van der Waals surface area contributed by atoms with Gasteiger partial charge >= 0.3 is 5.97 Å². The summed E-state index contributed by atoms with van der Waals surface area (Å²) in [4.78, 5) is 15.4. The Labute approximate surface area is 187 Å². The highest BCUT2D eigenvalue weighted by molar-refractivity contribution is 7.89. The van der Waals surface area contributed by atoms with E-state index in [2.05, 4.69) is 9.71 Å². The van der Waals surface area contributed by atoms with Gasteiger partial charge in [0.05, 0.1) is 11.5 Å². The summed E-state index contributed by atoms with van der Waals surface area (Å²) in [6.45, 7) is 0.0594. The van der Waals surface area contributed by atoms with Gasteiger partial charge in [-0.15, -0.1) is 0 Å². The van der Waals surface area contributed by atoms with Gasteiger partial charge in [-0.2, -0.15) is 0 Å². The zero-order chi connectivity index (χ0) is 23.0. The topological polar surface area (TPSA) is 117 Å². The van der Waals surface area contributed by atoms with Crippen molar-refractivity contribution < 1.29 is 23.4 Å². The fraction of sp³-hybridized carbons (Fsp3) is 0.250. The molecule has 0 saturated carbocycles. The highest BCUT2D eigenvalue weighted by Gasteiger charge is 2.17. The smallest absolute Gasteiger partial charge is 0.303 e. The molecular weight excluding hydrogens is 428 g/mol. The monoisotopic (exact) mass is 454 g/mol. The number of aliphatic carboxylic acids is 1. The Balaban J connectivity index is 1.82. The van der Waals surface area contributed by atoms with Gasteiger partial charge in [-0.1, -0.05) is 42.5 Å². The van der Waals surface area contributed by atoms with Crippen LogP contribution in [0.3, 0.4) is 0 Å². The first-order chi connectivity index (χ1) is 15.4. The Morgan fingerprint density at radius 2 is 1.69 bits per heavy atom. The summed E-state index contributed by atoms with van der Waals surface area (Å²) in [6.07, 6.45) is 4.10.